The number of halogens is 3. The van der Waals surface area contributed by atoms with E-state index in [0.29, 0.717) is 0 Å². The van der Waals surface area contributed by atoms with Gasteiger partial charge in [-0.2, -0.15) is 13.2 Å². The zero-order chi connectivity index (χ0) is 21.1. The number of nitrogens with zero attached hydrogens (tertiary/aromatic N) is 1. The smallest absolute Gasteiger partial charge is 0.332 e. The molecule has 0 unspecified atom stereocenters. The average molecular weight is 414 g/mol. The first-order chi connectivity index (χ1) is 12.9. The highest BCUT2D eigenvalue weighted by molar-refractivity contribution is 7.90. The lowest BCUT2D eigenvalue weighted by Gasteiger charge is -2.18. The molecule has 0 atom stereocenters. The molecule has 2 amide bonds. The largest absolute Gasteiger partial charge is 0.418 e. The molecule has 6 nitrogen and oxygen atoms in total. The van der Waals surface area contributed by atoms with Crippen LogP contribution in [-0.2, 0) is 20.8 Å². The monoisotopic (exact) mass is 414 g/mol. The number of anilines is 1. The highest BCUT2D eigenvalue weighted by Gasteiger charge is 2.33. The lowest BCUT2D eigenvalue weighted by atomic mass is 10.1. The summed E-state index contributed by atoms with van der Waals surface area (Å²) in [6.07, 6.45) is -3.61. The van der Waals surface area contributed by atoms with Crippen molar-refractivity contribution in [1.82, 2.24) is 4.90 Å². The Morgan fingerprint density at radius 1 is 1.04 bits per heavy atom. The van der Waals surface area contributed by atoms with Gasteiger partial charge in [-0.3, -0.25) is 9.59 Å². The third kappa shape index (κ3) is 5.32. The van der Waals surface area contributed by atoms with Crippen molar-refractivity contribution >= 4 is 27.3 Å². The Labute approximate surface area is 159 Å². The van der Waals surface area contributed by atoms with Gasteiger partial charge in [0.2, 0.25) is 5.91 Å². The zero-order valence-electron chi connectivity index (χ0n) is 14.9. The van der Waals surface area contributed by atoms with Gasteiger partial charge in [0, 0.05) is 18.9 Å². The third-order valence-electron chi connectivity index (χ3n) is 3.76. The molecule has 28 heavy (non-hydrogen) atoms. The second-order valence-electron chi connectivity index (χ2n) is 6.05. The Hall–Kier alpha value is -2.88. The number of benzene rings is 2. The van der Waals surface area contributed by atoms with Crippen molar-refractivity contribution in [2.45, 2.75) is 11.1 Å². The molecule has 2 aromatic rings. The maximum atomic E-state index is 13.0. The minimum atomic E-state index is -4.63. The van der Waals surface area contributed by atoms with Gasteiger partial charge in [-0.1, -0.05) is 12.1 Å². The number of rotatable bonds is 5. The van der Waals surface area contributed by atoms with Crippen LogP contribution in [0.1, 0.15) is 15.9 Å². The van der Waals surface area contributed by atoms with Crippen LogP contribution in [0.2, 0.25) is 0 Å². The second-order valence-corrected chi connectivity index (χ2v) is 8.07. The minimum absolute atomic E-state index is 0.0354. The fourth-order valence-corrected chi connectivity index (χ4v) is 3.01. The number of sulfone groups is 1. The normalized spacial score (nSPS) is 11.8. The molecule has 0 spiro atoms. The summed E-state index contributed by atoms with van der Waals surface area (Å²) in [5.74, 6) is -1.39. The SMILES string of the molecule is CN(CC(=O)Nc1ccccc1C(F)(F)F)C(=O)c1ccc(S(C)(=O)=O)cc1. The number of carbonyl (C=O) groups excluding carboxylic acids is 2. The van der Waals surface area contributed by atoms with Gasteiger partial charge < -0.3 is 10.2 Å². The molecule has 0 aliphatic carbocycles. The van der Waals surface area contributed by atoms with Crippen LogP contribution in [0.4, 0.5) is 18.9 Å². The number of para-hydroxylation sites is 1. The number of carbonyl (C=O) groups is 2. The van der Waals surface area contributed by atoms with Crippen molar-refractivity contribution in [2.75, 3.05) is 25.2 Å². The number of amides is 2. The highest BCUT2D eigenvalue weighted by Crippen LogP contribution is 2.34. The number of hydrogen-bond donors (Lipinski definition) is 1. The maximum absolute atomic E-state index is 13.0. The molecule has 0 aromatic heterocycles. The highest BCUT2D eigenvalue weighted by atomic mass is 32.2. The van der Waals surface area contributed by atoms with Crippen LogP contribution in [0.25, 0.3) is 0 Å². The molecule has 10 heteroatoms. The predicted octanol–water partition coefficient (Wildman–Crippen LogP) is 2.82. The molecule has 2 aromatic carbocycles. The van der Waals surface area contributed by atoms with Crippen molar-refractivity contribution in [1.29, 1.82) is 0 Å². The summed E-state index contributed by atoms with van der Waals surface area (Å²) in [6, 6.07) is 9.63. The first-order valence-corrected chi connectivity index (χ1v) is 9.80. The lowest BCUT2D eigenvalue weighted by molar-refractivity contribution is -0.137. The summed E-state index contributed by atoms with van der Waals surface area (Å²) in [7, 11) is -2.11. The molecule has 0 aliphatic rings. The van der Waals surface area contributed by atoms with E-state index in [1.165, 1.54) is 43.4 Å². The van der Waals surface area contributed by atoms with Crippen LogP contribution < -0.4 is 5.32 Å². The number of alkyl halides is 3. The number of nitrogens with one attached hydrogen (secondary N) is 1. The molecule has 2 rings (SSSR count). The van der Waals surface area contributed by atoms with Gasteiger partial charge in [0.25, 0.3) is 5.91 Å². The first kappa shape index (κ1) is 21.4. The van der Waals surface area contributed by atoms with E-state index in [-0.39, 0.29) is 10.5 Å². The van der Waals surface area contributed by atoms with Crippen LogP contribution in [-0.4, -0.2) is 45.0 Å². The molecule has 0 aliphatic heterocycles. The number of likely N-dealkylation sites (N-methyl/N-ethyl adjacent to an activating group) is 1. The van der Waals surface area contributed by atoms with Crippen molar-refractivity contribution in [3.63, 3.8) is 0 Å². The molecular formula is C18H17F3N2O4S. The summed E-state index contributed by atoms with van der Waals surface area (Å²) in [5, 5.41) is 2.15. The third-order valence-corrected chi connectivity index (χ3v) is 4.89. The zero-order valence-corrected chi connectivity index (χ0v) is 15.8. The van der Waals surface area contributed by atoms with E-state index >= 15 is 0 Å². The van der Waals surface area contributed by atoms with E-state index < -0.39 is 45.6 Å². The fourth-order valence-electron chi connectivity index (χ4n) is 2.38. The Balaban J connectivity index is 2.08. The summed E-state index contributed by atoms with van der Waals surface area (Å²) >= 11 is 0. The molecule has 0 fully saturated rings. The number of hydrogen-bond acceptors (Lipinski definition) is 4. The summed E-state index contributed by atoms with van der Waals surface area (Å²) < 4.78 is 61.8. The molecular weight excluding hydrogens is 397 g/mol. The van der Waals surface area contributed by atoms with Gasteiger partial charge in [-0.15, -0.1) is 0 Å². The van der Waals surface area contributed by atoms with Crippen LogP contribution in [0.3, 0.4) is 0 Å². The molecule has 0 bridgehead atoms. The Morgan fingerprint density at radius 2 is 1.61 bits per heavy atom. The van der Waals surface area contributed by atoms with E-state index in [0.717, 1.165) is 23.3 Å². The van der Waals surface area contributed by atoms with Gasteiger partial charge in [0.15, 0.2) is 9.84 Å². The Bertz CT molecular complexity index is 987. The molecule has 1 N–H and O–H groups in total. The molecule has 0 heterocycles. The van der Waals surface area contributed by atoms with Crippen molar-refractivity contribution in [3.8, 4) is 0 Å². The van der Waals surface area contributed by atoms with E-state index in [1.807, 2.05) is 0 Å². The van der Waals surface area contributed by atoms with Crippen molar-refractivity contribution in [2.24, 2.45) is 0 Å². The Kier molecular flexibility index (Phi) is 6.13. The molecule has 150 valence electrons. The van der Waals surface area contributed by atoms with Crippen molar-refractivity contribution < 1.29 is 31.2 Å². The minimum Gasteiger partial charge on any atom is -0.332 e. The second kappa shape index (κ2) is 8.01. The summed E-state index contributed by atoms with van der Waals surface area (Å²) in [6.45, 7) is -0.487. The topological polar surface area (TPSA) is 83.6 Å². The van der Waals surface area contributed by atoms with Crippen LogP contribution in [0, 0.1) is 0 Å². The van der Waals surface area contributed by atoms with Crippen LogP contribution in [0.15, 0.2) is 53.4 Å². The summed E-state index contributed by atoms with van der Waals surface area (Å²) in [5.41, 5.74) is -1.26. The quantitative estimate of drug-likeness (QED) is 0.816. The Morgan fingerprint density at radius 3 is 2.14 bits per heavy atom. The molecule has 0 saturated heterocycles. The van der Waals surface area contributed by atoms with Gasteiger partial charge in [0.05, 0.1) is 22.7 Å². The predicted molar refractivity (Wildman–Crippen MR) is 96.6 cm³/mol. The lowest BCUT2D eigenvalue weighted by Crippen LogP contribution is -2.35. The van der Waals surface area contributed by atoms with Gasteiger partial charge in [-0.05, 0) is 36.4 Å². The van der Waals surface area contributed by atoms with Crippen molar-refractivity contribution in [3.05, 3.63) is 59.7 Å². The van der Waals surface area contributed by atoms with Gasteiger partial charge in [-0.25, -0.2) is 8.42 Å². The van der Waals surface area contributed by atoms with Gasteiger partial charge in [0.1, 0.15) is 0 Å². The average Bonchev–Trinajstić information content (AvgIpc) is 2.59. The fraction of sp³-hybridized carbons (Fsp3) is 0.222. The maximum Gasteiger partial charge on any atom is 0.418 e. The summed E-state index contributed by atoms with van der Waals surface area (Å²) in [4.78, 5) is 25.5. The molecule has 0 saturated carbocycles. The van der Waals surface area contributed by atoms with E-state index in [1.54, 1.807) is 0 Å². The van der Waals surface area contributed by atoms with Gasteiger partial charge >= 0.3 is 6.18 Å². The molecule has 0 radical (unpaired) electrons. The first-order valence-electron chi connectivity index (χ1n) is 7.91. The van der Waals surface area contributed by atoms with Crippen LogP contribution >= 0.6 is 0 Å². The van der Waals surface area contributed by atoms with E-state index in [9.17, 15) is 31.2 Å². The van der Waals surface area contributed by atoms with E-state index in [2.05, 4.69) is 5.32 Å². The van der Waals surface area contributed by atoms with E-state index in [4.69, 9.17) is 0 Å². The van der Waals surface area contributed by atoms with Crippen LogP contribution in [0.5, 0.6) is 0 Å². The standard InChI is InChI=1S/C18H17F3N2O4S/c1-23(17(25)12-7-9-13(10-8-12)28(2,26)27)11-16(24)22-15-6-4-3-5-14(15)18(19,20)21/h3-10H,11H2,1-2H3,(H,22,24).